The van der Waals surface area contributed by atoms with Crippen molar-refractivity contribution in [3.05, 3.63) is 0 Å². The van der Waals surface area contributed by atoms with E-state index in [1.807, 2.05) is 6.92 Å². The van der Waals surface area contributed by atoms with Crippen molar-refractivity contribution < 1.29 is 9.47 Å². The van der Waals surface area contributed by atoms with Gasteiger partial charge in [0.25, 0.3) is 0 Å². The Balaban J connectivity index is 2.15. The SMILES string of the molecule is CCOC1CCCCOC1. The van der Waals surface area contributed by atoms with Crippen molar-refractivity contribution >= 4 is 0 Å². The highest BCUT2D eigenvalue weighted by Gasteiger charge is 2.11. The van der Waals surface area contributed by atoms with Crippen LogP contribution in [0.25, 0.3) is 0 Å². The Morgan fingerprint density at radius 3 is 3.20 bits per heavy atom. The second-order valence-electron chi connectivity index (χ2n) is 2.65. The summed E-state index contributed by atoms with van der Waals surface area (Å²) in [5.74, 6) is 0. The molecule has 2 heteroatoms. The summed E-state index contributed by atoms with van der Waals surface area (Å²) in [6.45, 7) is 4.57. The van der Waals surface area contributed by atoms with Gasteiger partial charge in [0.15, 0.2) is 0 Å². The van der Waals surface area contributed by atoms with E-state index in [1.54, 1.807) is 0 Å². The predicted molar refractivity (Wildman–Crippen MR) is 40.1 cm³/mol. The second kappa shape index (κ2) is 4.69. The van der Waals surface area contributed by atoms with Gasteiger partial charge in [-0.2, -0.15) is 0 Å². The van der Waals surface area contributed by atoms with Crippen LogP contribution in [0.5, 0.6) is 0 Å². The van der Waals surface area contributed by atoms with Gasteiger partial charge in [0.2, 0.25) is 0 Å². The van der Waals surface area contributed by atoms with Gasteiger partial charge in [0.05, 0.1) is 12.7 Å². The topological polar surface area (TPSA) is 18.5 Å². The molecule has 0 bridgehead atoms. The molecule has 1 fully saturated rings. The molecule has 0 amide bonds. The lowest BCUT2D eigenvalue weighted by molar-refractivity contribution is -0.00167. The lowest BCUT2D eigenvalue weighted by atomic mass is 10.2. The summed E-state index contributed by atoms with van der Waals surface area (Å²) in [7, 11) is 0. The molecule has 0 aromatic carbocycles. The first kappa shape index (κ1) is 8.02. The van der Waals surface area contributed by atoms with Crippen LogP contribution in [0.15, 0.2) is 0 Å². The summed E-state index contributed by atoms with van der Waals surface area (Å²) in [6, 6.07) is 0. The van der Waals surface area contributed by atoms with E-state index in [9.17, 15) is 0 Å². The van der Waals surface area contributed by atoms with Crippen LogP contribution in [-0.4, -0.2) is 25.9 Å². The normalized spacial score (nSPS) is 27.9. The number of hydrogen-bond acceptors (Lipinski definition) is 2. The fraction of sp³-hybridized carbons (Fsp3) is 1.00. The summed E-state index contributed by atoms with van der Waals surface area (Å²) < 4.78 is 10.8. The molecule has 0 aromatic rings. The molecule has 0 aliphatic carbocycles. The molecule has 1 rings (SSSR count). The third-order valence-electron chi connectivity index (χ3n) is 1.77. The molecule has 60 valence electrons. The summed E-state index contributed by atoms with van der Waals surface area (Å²) in [5, 5.41) is 0. The maximum absolute atomic E-state index is 5.44. The number of hydrogen-bond donors (Lipinski definition) is 0. The molecule has 10 heavy (non-hydrogen) atoms. The highest BCUT2D eigenvalue weighted by atomic mass is 16.5. The van der Waals surface area contributed by atoms with E-state index in [0.717, 1.165) is 19.8 Å². The van der Waals surface area contributed by atoms with Crippen molar-refractivity contribution in [1.82, 2.24) is 0 Å². The average Bonchev–Trinajstić information content (AvgIpc) is 2.17. The van der Waals surface area contributed by atoms with Gasteiger partial charge in [0.1, 0.15) is 0 Å². The average molecular weight is 144 g/mol. The molecule has 0 radical (unpaired) electrons. The van der Waals surface area contributed by atoms with E-state index >= 15 is 0 Å². The van der Waals surface area contributed by atoms with Crippen LogP contribution in [0.3, 0.4) is 0 Å². The molecular formula is C8H16O2. The van der Waals surface area contributed by atoms with Crippen LogP contribution in [0, 0.1) is 0 Å². The Kier molecular flexibility index (Phi) is 3.76. The lowest BCUT2D eigenvalue weighted by Gasteiger charge is -2.12. The van der Waals surface area contributed by atoms with Crippen molar-refractivity contribution in [3.8, 4) is 0 Å². The zero-order chi connectivity index (χ0) is 7.23. The first-order valence-corrected chi connectivity index (χ1v) is 4.13. The van der Waals surface area contributed by atoms with Crippen LogP contribution < -0.4 is 0 Å². The van der Waals surface area contributed by atoms with E-state index in [4.69, 9.17) is 9.47 Å². The summed E-state index contributed by atoms with van der Waals surface area (Å²) in [4.78, 5) is 0. The highest BCUT2D eigenvalue weighted by molar-refractivity contribution is 4.60. The molecule has 2 nitrogen and oxygen atoms in total. The van der Waals surface area contributed by atoms with E-state index in [-0.39, 0.29) is 0 Å². The predicted octanol–water partition coefficient (Wildman–Crippen LogP) is 1.59. The minimum atomic E-state index is 0.368. The van der Waals surface area contributed by atoms with Gasteiger partial charge >= 0.3 is 0 Å². The van der Waals surface area contributed by atoms with Gasteiger partial charge in [0, 0.05) is 13.2 Å². The van der Waals surface area contributed by atoms with Crippen LogP contribution in [0.1, 0.15) is 26.2 Å². The first-order chi connectivity index (χ1) is 4.93. The lowest BCUT2D eigenvalue weighted by Crippen LogP contribution is -2.17. The molecule has 0 saturated carbocycles. The van der Waals surface area contributed by atoms with Crippen molar-refractivity contribution in [2.75, 3.05) is 19.8 Å². The molecule has 0 spiro atoms. The second-order valence-corrected chi connectivity index (χ2v) is 2.65. The Bertz CT molecular complexity index is 75.3. The molecule has 1 unspecified atom stereocenters. The zero-order valence-electron chi connectivity index (χ0n) is 6.64. The maximum atomic E-state index is 5.44. The van der Waals surface area contributed by atoms with Crippen molar-refractivity contribution in [1.29, 1.82) is 0 Å². The van der Waals surface area contributed by atoms with Gasteiger partial charge in [-0.25, -0.2) is 0 Å². The highest BCUT2D eigenvalue weighted by Crippen LogP contribution is 2.10. The fourth-order valence-electron chi connectivity index (χ4n) is 1.24. The van der Waals surface area contributed by atoms with Crippen LogP contribution in [0.2, 0.25) is 0 Å². The molecule has 0 N–H and O–H groups in total. The molecule has 1 aliphatic heterocycles. The van der Waals surface area contributed by atoms with E-state index in [2.05, 4.69) is 0 Å². The third kappa shape index (κ3) is 2.67. The zero-order valence-corrected chi connectivity index (χ0v) is 6.64. The van der Waals surface area contributed by atoms with Crippen LogP contribution in [0.4, 0.5) is 0 Å². The molecule has 1 saturated heterocycles. The van der Waals surface area contributed by atoms with Gasteiger partial charge in [-0.1, -0.05) is 0 Å². The van der Waals surface area contributed by atoms with Crippen LogP contribution in [-0.2, 0) is 9.47 Å². The minimum absolute atomic E-state index is 0.368. The largest absolute Gasteiger partial charge is 0.379 e. The van der Waals surface area contributed by atoms with Gasteiger partial charge < -0.3 is 9.47 Å². The smallest absolute Gasteiger partial charge is 0.0808 e. The summed E-state index contributed by atoms with van der Waals surface area (Å²) in [6.07, 6.45) is 4.00. The molecule has 1 atom stereocenters. The quantitative estimate of drug-likeness (QED) is 0.586. The maximum Gasteiger partial charge on any atom is 0.0808 e. The molecular weight excluding hydrogens is 128 g/mol. The van der Waals surface area contributed by atoms with Gasteiger partial charge in [-0.15, -0.1) is 0 Å². The van der Waals surface area contributed by atoms with Crippen molar-refractivity contribution in [2.45, 2.75) is 32.3 Å². The number of ether oxygens (including phenoxy) is 2. The Morgan fingerprint density at radius 1 is 1.50 bits per heavy atom. The monoisotopic (exact) mass is 144 g/mol. The van der Waals surface area contributed by atoms with Gasteiger partial charge in [-0.05, 0) is 26.2 Å². The third-order valence-corrected chi connectivity index (χ3v) is 1.77. The van der Waals surface area contributed by atoms with Gasteiger partial charge in [-0.3, -0.25) is 0 Å². The standard InChI is InChI=1S/C8H16O2/c1-2-10-8-5-3-4-6-9-7-8/h8H,2-7H2,1H3. The Labute approximate surface area is 62.5 Å². The minimum Gasteiger partial charge on any atom is -0.379 e. The van der Waals surface area contributed by atoms with E-state index in [1.165, 1.54) is 19.3 Å². The number of rotatable bonds is 2. The van der Waals surface area contributed by atoms with E-state index < -0.39 is 0 Å². The van der Waals surface area contributed by atoms with E-state index in [0.29, 0.717) is 6.10 Å². The van der Waals surface area contributed by atoms with Crippen molar-refractivity contribution in [2.24, 2.45) is 0 Å². The first-order valence-electron chi connectivity index (χ1n) is 4.13. The Morgan fingerprint density at radius 2 is 2.40 bits per heavy atom. The summed E-state index contributed by atoms with van der Waals surface area (Å²) >= 11 is 0. The molecule has 1 heterocycles. The molecule has 0 aromatic heterocycles. The summed E-state index contributed by atoms with van der Waals surface area (Å²) in [5.41, 5.74) is 0. The molecule has 1 aliphatic rings. The van der Waals surface area contributed by atoms with Crippen LogP contribution >= 0.6 is 0 Å². The van der Waals surface area contributed by atoms with Crippen molar-refractivity contribution in [3.63, 3.8) is 0 Å². The Hall–Kier alpha value is -0.0800. The fourth-order valence-corrected chi connectivity index (χ4v) is 1.24.